The van der Waals surface area contributed by atoms with E-state index in [2.05, 4.69) is 0 Å². The molecule has 0 aliphatic carbocycles. The van der Waals surface area contributed by atoms with Crippen LogP contribution in [0.15, 0.2) is 71.3 Å². The second-order valence-electron chi connectivity index (χ2n) is 4.28. The van der Waals surface area contributed by atoms with E-state index >= 15 is 0 Å². The fraction of sp³-hybridized carbons (Fsp3) is 0.0588. The first-order valence-corrected chi connectivity index (χ1v) is 6.31. The van der Waals surface area contributed by atoms with Crippen LogP contribution in [-0.2, 0) is 0 Å². The van der Waals surface area contributed by atoms with Gasteiger partial charge in [-0.05, 0) is 60.7 Å². The van der Waals surface area contributed by atoms with Crippen LogP contribution in [0.2, 0.25) is 0 Å². The summed E-state index contributed by atoms with van der Waals surface area (Å²) < 4.78 is 16.2. The average Bonchev–Trinajstić information content (AvgIpc) is 3.03. The zero-order valence-corrected chi connectivity index (χ0v) is 11.1. The summed E-state index contributed by atoms with van der Waals surface area (Å²) >= 11 is 0. The Morgan fingerprint density at radius 2 is 1.35 bits per heavy atom. The monoisotopic (exact) mass is 266 g/mol. The molecule has 0 saturated carbocycles. The second kappa shape index (κ2) is 5.53. The molecule has 0 saturated heterocycles. The van der Waals surface area contributed by atoms with Crippen molar-refractivity contribution in [2.75, 3.05) is 7.11 Å². The zero-order valence-electron chi connectivity index (χ0n) is 11.1. The quantitative estimate of drug-likeness (QED) is 0.683. The number of ether oxygens (including phenoxy) is 2. The normalized spacial score (nSPS) is 10.2. The first kappa shape index (κ1) is 12.4. The third-order valence-corrected chi connectivity index (χ3v) is 2.96. The van der Waals surface area contributed by atoms with Crippen LogP contribution in [0.25, 0.3) is 11.3 Å². The summed E-state index contributed by atoms with van der Waals surface area (Å²) in [5.74, 6) is 3.22. The molecule has 0 fully saturated rings. The largest absolute Gasteiger partial charge is 0.497 e. The van der Waals surface area contributed by atoms with Gasteiger partial charge in [0.2, 0.25) is 0 Å². The van der Waals surface area contributed by atoms with E-state index in [1.165, 1.54) is 0 Å². The fourth-order valence-electron chi connectivity index (χ4n) is 1.91. The van der Waals surface area contributed by atoms with Crippen molar-refractivity contribution in [1.82, 2.24) is 0 Å². The van der Waals surface area contributed by atoms with Gasteiger partial charge in [0.1, 0.15) is 23.0 Å². The molecule has 0 unspecified atom stereocenters. The van der Waals surface area contributed by atoms with Crippen molar-refractivity contribution in [3.05, 3.63) is 66.9 Å². The smallest absolute Gasteiger partial charge is 0.133 e. The summed E-state index contributed by atoms with van der Waals surface area (Å²) in [6.07, 6.45) is 1.66. The van der Waals surface area contributed by atoms with Gasteiger partial charge >= 0.3 is 0 Å². The maximum absolute atomic E-state index is 5.76. The lowest BCUT2D eigenvalue weighted by Gasteiger charge is -2.07. The van der Waals surface area contributed by atoms with Crippen LogP contribution < -0.4 is 9.47 Å². The van der Waals surface area contributed by atoms with Gasteiger partial charge in [-0.1, -0.05) is 0 Å². The summed E-state index contributed by atoms with van der Waals surface area (Å²) in [6.45, 7) is 0. The zero-order chi connectivity index (χ0) is 13.8. The summed E-state index contributed by atoms with van der Waals surface area (Å²) in [4.78, 5) is 0. The third-order valence-electron chi connectivity index (χ3n) is 2.96. The van der Waals surface area contributed by atoms with Crippen molar-refractivity contribution in [3.8, 4) is 28.6 Å². The SMILES string of the molecule is COc1ccc(Oc2ccc(-c3ccco3)cc2)cc1. The number of methoxy groups -OCH3 is 1. The lowest BCUT2D eigenvalue weighted by molar-refractivity contribution is 0.413. The minimum absolute atomic E-state index is 0.775. The van der Waals surface area contributed by atoms with Crippen molar-refractivity contribution in [1.29, 1.82) is 0 Å². The van der Waals surface area contributed by atoms with Gasteiger partial charge in [0, 0.05) is 5.56 Å². The molecule has 20 heavy (non-hydrogen) atoms. The van der Waals surface area contributed by atoms with Gasteiger partial charge in [0.25, 0.3) is 0 Å². The average molecular weight is 266 g/mol. The maximum Gasteiger partial charge on any atom is 0.133 e. The van der Waals surface area contributed by atoms with E-state index in [9.17, 15) is 0 Å². The Morgan fingerprint density at radius 1 is 0.750 bits per heavy atom. The van der Waals surface area contributed by atoms with E-state index in [0.29, 0.717) is 0 Å². The van der Waals surface area contributed by atoms with Gasteiger partial charge in [0.05, 0.1) is 13.4 Å². The fourth-order valence-corrected chi connectivity index (χ4v) is 1.91. The molecule has 0 atom stereocenters. The Hall–Kier alpha value is -2.68. The van der Waals surface area contributed by atoms with Crippen LogP contribution in [0.4, 0.5) is 0 Å². The Morgan fingerprint density at radius 3 is 1.90 bits per heavy atom. The molecule has 0 radical (unpaired) electrons. The van der Waals surface area contributed by atoms with E-state index in [1.54, 1.807) is 13.4 Å². The number of benzene rings is 2. The highest BCUT2D eigenvalue weighted by Crippen LogP contribution is 2.27. The van der Waals surface area contributed by atoms with Crippen LogP contribution in [0.5, 0.6) is 17.2 Å². The summed E-state index contributed by atoms with van der Waals surface area (Å²) in [7, 11) is 1.64. The first-order chi connectivity index (χ1) is 9.85. The molecule has 0 aliphatic rings. The van der Waals surface area contributed by atoms with Gasteiger partial charge in [0.15, 0.2) is 0 Å². The highest BCUT2D eigenvalue weighted by atomic mass is 16.5. The highest BCUT2D eigenvalue weighted by molar-refractivity contribution is 5.58. The Labute approximate surface area is 117 Å². The van der Waals surface area contributed by atoms with E-state index < -0.39 is 0 Å². The molecule has 1 heterocycles. The molecule has 3 aromatic rings. The number of rotatable bonds is 4. The standard InChI is InChI=1S/C17H14O3/c1-18-14-8-10-16(11-9-14)20-15-6-4-13(5-7-15)17-3-2-12-19-17/h2-12H,1H3. The van der Waals surface area contributed by atoms with Crippen LogP contribution >= 0.6 is 0 Å². The molecule has 1 aromatic heterocycles. The van der Waals surface area contributed by atoms with Crippen LogP contribution in [-0.4, -0.2) is 7.11 Å². The molecule has 0 bridgehead atoms. The first-order valence-electron chi connectivity index (χ1n) is 6.31. The summed E-state index contributed by atoms with van der Waals surface area (Å²) in [5.41, 5.74) is 1.03. The van der Waals surface area contributed by atoms with Crippen molar-refractivity contribution < 1.29 is 13.9 Å². The number of hydrogen-bond acceptors (Lipinski definition) is 3. The third kappa shape index (κ3) is 2.67. The highest BCUT2D eigenvalue weighted by Gasteiger charge is 2.02. The molecule has 100 valence electrons. The van der Waals surface area contributed by atoms with Gasteiger partial charge in [-0.3, -0.25) is 0 Å². The molecule has 3 heteroatoms. The summed E-state index contributed by atoms with van der Waals surface area (Å²) in [5, 5.41) is 0. The van der Waals surface area contributed by atoms with Gasteiger partial charge in [-0.25, -0.2) is 0 Å². The minimum Gasteiger partial charge on any atom is -0.497 e. The van der Waals surface area contributed by atoms with Crippen molar-refractivity contribution >= 4 is 0 Å². The minimum atomic E-state index is 0.775. The molecule has 0 aliphatic heterocycles. The lowest BCUT2D eigenvalue weighted by atomic mass is 10.2. The van der Waals surface area contributed by atoms with Gasteiger partial charge in [-0.15, -0.1) is 0 Å². The molecular formula is C17H14O3. The molecule has 0 amide bonds. The molecule has 0 N–H and O–H groups in total. The predicted octanol–water partition coefficient (Wildman–Crippen LogP) is 4.75. The maximum atomic E-state index is 5.76. The molecule has 3 rings (SSSR count). The Balaban J connectivity index is 1.74. The lowest BCUT2D eigenvalue weighted by Crippen LogP contribution is -1.85. The Bertz CT molecular complexity index is 652. The molecule has 0 spiro atoms. The molecule has 2 aromatic carbocycles. The predicted molar refractivity (Wildman–Crippen MR) is 77.2 cm³/mol. The van der Waals surface area contributed by atoms with Crippen molar-refractivity contribution in [2.24, 2.45) is 0 Å². The van der Waals surface area contributed by atoms with E-state index in [1.807, 2.05) is 60.7 Å². The molecular weight excluding hydrogens is 252 g/mol. The van der Waals surface area contributed by atoms with Crippen LogP contribution in [0, 0.1) is 0 Å². The van der Waals surface area contributed by atoms with E-state index in [4.69, 9.17) is 13.9 Å². The summed E-state index contributed by atoms with van der Waals surface area (Å²) in [6, 6.07) is 19.1. The van der Waals surface area contributed by atoms with Crippen molar-refractivity contribution in [2.45, 2.75) is 0 Å². The Kier molecular flexibility index (Phi) is 3.42. The topological polar surface area (TPSA) is 31.6 Å². The van der Waals surface area contributed by atoms with E-state index in [-0.39, 0.29) is 0 Å². The van der Waals surface area contributed by atoms with Crippen molar-refractivity contribution in [3.63, 3.8) is 0 Å². The van der Waals surface area contributed by atoms with E-state index in [0.717, 1.165) is 28.6 Å². The van der Waals surface area contributed by atoms with Crippen LogP contribution in [0.3, 0.4) is 0 Å². The van der Waals surface area contributed by atoms with Crippen LogP contribution in [0.1, 0.15) is 0 Å². The van der Waals surface area contributed by atoms with Gasteiger partial charge < -0.3 is 13.9 Å². The van der Waals surface area contributed by atoms with Gasteiger partial charge in [-0.2, -0.15) is 0 Å². The second-order valence-corrected chi connectivity index (χ2v) is 4.28. The number of hydrogen-bond donors (Lipinski definition) is 0. The molecule has 3 nitrogen and oxygen atoms in total. The number of furan rings is 1.